The van der Waals surface area contributed by atoms with Crippen LogP contribution in [-0.4, -0.2) is 35.8 Å². The second-order valence-corrected chi connectivity index (χ2v) is 11.0. The Hall–Kier alpha value is -2.05. The molecule has 0 spiro atoms. The van der Waals surface area contributed by atoms with E-state index in [2.05, 4.69) is 41.1 Å². The van der Waals surface area contributed by atoms with Crippen LogP contribution in [0.4, 0.5) is 10.5 Å². The number of hydrogen-bond donors (Lipinski definition) is 0. The number of carbonyl (C=O) groups is 1. The minimum absolute atomic E-state index is 0.0220. The first-order valence-corrected chi connectivity index (χ1v) is 13.2. The van der Waals surface area contributed by atoms with Crippen LogP contribution >= 0.6 is 15.9 Å². The zero-order valence-corrected chi connectivity index (χ0v) is 20.8. The molecule has 2 heterocycles. The molecule has 0 unspecified atom stereocenters. The number of benzene rings is 2. The maximum absolute atomic E-state index is 13.2. The monoisotopic (exact) mass is 510 g/mol. The van der Waals surface area contributed by atoms with Crippen molar-refractivity contribution in [3.05, 3.63) is 59.7 Å². The molecule has 1 amide bonds. The molecule has 2 aromatic carbocycles. The SMILES string of the molecule is COc1ccc2c(c1)CC[C@@H]1[C@@H]2CC[C@]2(C)[C@@H]3N(c4ccccc4)C(=O)ON3[C@@H](CBr)C[C@@H]12. The number of hydroxylamine groups is 2. The largest absolute Gasteiger partial charge is 0.497 e. The van der Waals surface area contributed by atoms with Crippen molar-refractivity contribution in [1.82, 2.24) is 5.06 Å². The lowest BCUT2D eigenvalue weighted by Crippen LogP contribution is -2.64. The summed E-state index contributed by atoms with van der Waals surface area (Å²) in [6, 6.07) is 16.9. The van der Waals surface area contributed by atoms with Crippen molar-refractivity contribution in [1.29, 1.82) is 0 Å². The highest BCUT2D eigenvalue weighted by atomic mass is 79.9. The molecule has 3 fully saturated rings. The van der Waals surface area contributed by atoms with Gasteiger partial charge in [-0.05, 0) is 85.3 Å². The standard InChI is InChI=1S/C27H31BrN2O3/c1-27-13-12-22-21-11-9-20(32-2)14-17(21)8-10-23(22)24(27)15-19(16-28)30-25(27)29(26(31)33-30)18-6-4-3-5-7-18/h3-7,9,11,14,19,22-25H,8,10,12-13,15-16H2,1-2H3/t19-,22-,23-,24+,25-,27+/m1/s1. The summed E-state index contributed by atoms with van der Waals surface area (Å²) >= 11 is 3.74. The molecule has 6 atom stereocenters. The third-order valence-corrected chi connectivity index (χ3v) is 9.67. The summed E-state index contributed by atoms with van der Waals surface area (Å²) in [5, 5.41) is 2.82. The summed E-state index contributed by atoms with van der Waals surface area (Å²) < 4.78 is 5.50. The minimum atomic E-state index is -0.248. The summed E-state index contributed by atoms with van der Waals surface area (Å²) in [6.45, 7) is 2.41. The van der Waals surface area contributed by atoms with Crippen molar-refractivity contribution >= 4 is 27.7 Å². The number of ether oxygens (including phenoxy) is 1. The second kappa shape index (κ2) is 8.02. The number of alkyl halides is 1. The molecule has 4 aliphatic rings. The number of fused-ring (bicyclic) bond motifs is 7. The van der Waals surface area contributed by atoms with Gasteiger partial charge in [0.1, 0.15) is 11.9 Å². The number of amides is 1. The van der Waals surface area contributed by atoms with Gasteiger partial charge in [0.15, 0.2) is 0 Å². The van der Waals surface area contributed by atoms with E-state index < -0.39 is 0 Å². The van der Waals surface area contributed by atoms with Crippen LogP contribution in [0.2, 0.25) is 0 Å². The van der Waals surface area contributed by atoms with Gasteiger partial charge in [-0.1, -0.05) is 47.1 Å². The summed E-state index contributed by atoms with van der Waals surface area (Å²) in [4.78, 5) is 21.0. The van der Waals surface area contributed by atoms with Crippen molar-refractivity contribution in [2.75, 3.05) is 17.3 Å². The van der Waals surface area contributed by atoms with Gasteiger partial charge in [0.25, 0.3) is 0 Å². The van der Waals surface area contributed by atoms with Gasteiger partial charge in [0.05, 0.1) is 13.2 Å². The van der Waals surface area contributed by atoms with Crippen LogP contribution in [-0.2, 0) is 11.3 Å². The molecule has 33 heavy (non-hydrogen) atoms. The first-order valence-electron chi connectivity index (χ1n) is 12.1. The zero-order valence-electron chi connectivity index (χ0n) is 19.2. The van der Waals surface area contributed by atoms with Crippen LogP contribution < -0.4 is 9.64 Å². The highest BCUT2D eigenvalue weighted by Gasteiger charge is 2.63. The quantitative estimate of drug-likeness (QED) is 0.466. The Balaban J connectivity index is 1.40. The highest BCUT2D eigenvalue weighted by Crippen LogP contribution is 2.62. The molecule has 2 aromatic rings. The maximum atomic E-state index is 13.2. The minimum Gasteiger partial charge on any atom is -0.497 e. The number of aryl methyl sites for hydroxylation is 1. The van der Waals surface area contributed by atoms with Crippen LogP contribution in [0.25, 0.3) is 0 Å². The normalized spacial score (nSPS) is 35.2. The summed E-state index contributed by atoms with van der Waals surface area (Å²) in [5.41, 5.74) is 3.88. The van der Waals surface area contributed by atoms with Crippen molar-refractivity contribution in [2.45, 2.75) is 57.2 Å². The number of carbonyl (C=O) groups excluding carboxylic acids is 1. The fourth-order valence-corrected chi connectivity index (χ4v) is 7.97. The van der Waals surface area contributed by atoms with Crippen LogP contribution in [0.15, 0.2) is 48.5 Å². The third kappa shape index (κ3) is 3.17. The Kier molecular flexibility index (Phi) is 5.22. The zero-order chi connectivity index (χ0) is 22.7. The second-order valence-electron chi connectivity index (χ2n) is 10.4. The maximum Gasteiger partial charge on any atom is 0.435 e. The first kappa shape index (κ1) is 21.5. The van der Waals surface area contributed by atoms with Gasteiger partial charge in [0, 0.05) is 16.4 Å². The molecular weight excluding hydrogens is 480 g/mol. The Morgan fingerprint density at radius 1 is 1.18 bits per heavy atom. The molecule has 0 N–H and O–H groups in total. The molecule has 6 heteroatoms. The molecule has 2 saturated heterocycles. The first-order chi connectivity index (χ1) is 16.0. The van der Waals surface area contributed by atoms with Crippen molar-refractivity contribution in [2.24, 2.45) is 17.3 Å². The van der Waals surface area contributed by atoms with Crippen LogP contribution in [0.5, 0.6) is 5.75 Å². The van der Waals surface area contributed by atoms with Crippen molar-refractivity contribution in [3.8, 4) is 5.75 Å². The average molecular weight is 511 g/mol. The Bertz CT molecular complexity index is 1060. The Morgan fingerprint density at radius 3 is 2.76 bits per heavy atom. The van der Waals surface area contributed by atoms with E-state index in [1.54, 1.807) is 7.11 Å². The molecule has 0 aromatic heterocycles. The fourth-order valence-electron chi connectivity index (χ4n) is 7.42. The van der Waals surface area contributed by atoms with Crippen molar-refractivity contribution in [3.63, 3.8) is 0 Å². The number of hydrogen-bond acceptors (Lipinski definition) is 4. The number of para-hydroxylation sites is 1. The molecular formula is C27H31BrN2O3. The van der Waals surface area contributed by atoms with Gasteiger partial charge < -0.3 is 9.57 Å². The van der Waals surface area contributed by atoms with Gasteiger partial charge in [-0.2, -0.15) is 0 Å². The van der Waals surface area contributed by atoms with E-state index in [1.165, 1.54) is 17.5 Å². The number of anilines is 1. The molecule has 5 nitrogen and oxygen atoms in total. The lowest BCUT2D eigenvalue weighted by Gasteiger charge is -2.59. The summed E-state index contributed by atoms with van der Waals surface area (Å²) in [7, 11) is 1.75. The van der Waals surface area contributed by atoms with Gasteiger partial charge in [-0.15, -0.1) is 5.06 Å². The molecule has 2 aliphatic heterocycles. The number of piperidine rings is 1. The van der Waals surface area contributed by atoms with Gasteiger partial charge >= 0.3 is 6.09 Å². The van der Waals surface area contributed by atoms with E-state index >= 15 is 0 Å². The summed E-state index contributed by atoms with van der Waals surface area (Å²) in [5.74, 6) is 2.71. The summed E-state index contributed by atoms with van der Waals surface area (Å²) in [6.07, 6.45) is 5.27. The molecule has 6 rings (SSSR count). The average Bonchev–Trinajstić information content (AvgIpc) is 3.21. The van der Waals surface area contributed by atoms with Gasteiger partial charge in [-0.3, -0.25) is 4.90 Å². The lowest BCUT2D eigenvalue weighted by atomic mass is 9.51. The molecule has 0 bridgehead atoms. The van der Waals surface area contributed by atoms with Crippen molar-refractivity contribution < 1.29 is 14.4 Å². The van der Waals surface area contributed by atoms with E-state index in [0.29, 0.717) is 17.8 Å². The van der Waals surface area contributed by atoms with E-state index in [9.17, 15) is 4.79 Å². The van der Waals surface area contributed by atoms with Crippen LogP contribution in [0.1, 0.15) is 49.7 Å². The Morgan fingerprint density at radius 2 is 2.00 bits per heavy atom. The molecule has 0 radical (unpaired) electrons. The molecule has 1 saturated carbocycles. The number of methoxy groups -OCH3 is 1. The predicted molar refractivity (Wildman–Crippen MR) is 132 cm³/mol. The third-order valence-electron chi connectivity index (χ3n) is 8.93. The molecule has 174 valence electrons. The highest BCUT2D eigenvalue weighted by molar-refractivity contribution is 9.09. The van der Waals surface area contributed by atoms with Crippen LogP contribution in [0.3, 0.4) is 0 Å². The number of halogens is 1. The van der Waals surface area contributed by atoms with Crippen LogP contribution in [0, 0.1) is 17.3 Å². The fraction of sp³-hybridized carbons (Fsp3) is 0.519. The smallest absolute Gasteiger partial charge is 0.435 e. The van der Waals surface area contributed by atoms with Gasteiger partial charge in [-0.25, -0.2) is 4.79 Å². The predicted octanol–water partition coefficient (Wildman–Crippen LogP) is 6.12. The van der Waals surface area contributed by atoms with E-state index in [-0.39, 0.29) is 23.7 Å². The lowest BCUT2D eigenvalue weighted by molar-refractivity contribution is -0.205. The van der Waals surface area contributed by atoms with E-state index in [1.807, 2.05) is 40.3 Å². The van der Waals surface area contributed by atoms with E-state index in [0.717, 1.165) is 42.5 Å². The molecule has 2 aliphatic carbocycles. The number of rotatable bonds is 3. The topological polar surface area (TPSA) is 42.0 Å². The number of nitrogens with zero attached hydrogens (tertiary/aromatic N) is 2. The van der Waals surface area contributed by atoms with E-state index in [4.69, 9.17) is 9.57 Å². The Labute approximate surface area is 204 Å². The van der Waals surface area contributed by atoms with Gasteiger partial charge in [0.2, 0.25) is 0 Å².